The molecule has 0 saturated carbocycles. The molecule has 0 atom stereocenters. The van der Waals surface area contributed by atoms with Crippen molar-refractivity contribution < 1.29 is 12.9 Å². The van der Waals surface area contributed by atoms with Gasteiger partial charge in [0.05, 0.1) is 15.5 Å². The zero-order chi connectivity index (χ0) is 20.8. The molecule has 1 aromatic carbocycles. The highest BCUT2D eigenvalue weighted by Crippen LogP contribution is 2.35. The summed E-state index contributed by atoms with van der Waals surface area (Å²) in [6.07, 6.45) is 0. The molecule has 0 N–H and O–H groups in total. The lowest BCUT2D eigenvalue weighted by Crippen LogP contribution is -2.48. The summed E-state index contributed by atoms with van der Waals surface area (Å²) >= 11 is 7.55. The normalized spacial score (nSPS) is 15.8. The number of hydrogen-bond donors (Lipinski definition) is 0. The van der Waals surface area contributed by atoms with Crippen molar-refractivity contribution in [2.45, 2.75) is 25.7 Å². The maximum Gasteiger partial charge on any atom is 0.244 e. The van der Waals surface area contributed by atoms with E-state index in [1.165, 1.54) is 11.3 Å². The molecule has 1 saturated heterocycles. The standard InChI is InChI=1S/C20H22ClN3O3S2/c1-13-4-5-16(21)11-17(13)23-6-8-24(9-7-23)29(25,26)20-12-19(28-15(20)3)18-10-14(2)22-27-18/h4-5,10-12H,6-9H2,1-3H3. The van der Waals surface area contributed by atoms with E-state index >= 15 is 0 Å². The van der Waals surface area contributed by atoms with Crippen LogP contribution < -0.4 is 4.90 Å². The summed E-state index contributed by atoms with van der Waals surface area (Å²) in [7, 11) is -3.57. The van der Waals surface area contributed by atoms with Gasteiger partial charge in [0.25, 0.3) is 0 Å². The number of rotatable bonds is 4. The van der Waals surface area contributed by atoms with E-state index in [0.29, 0.717) is 41.9 Å². The van der Waals surface area contributed by atoms with Crippen molar-refractivity contribution in [3.05, 3.63) is 51.5 Å². The van der Waals surface area contributed by atoms with Crippen molar-refractivity contribution in [3.8, 4) is 10.6 Å². The SMILES string of the molecule is Cc1cc(-c2cc(S(=O)(=O)N3CCN(c4cc(Cl)ccc4C)CC3)c(C)s2)on1. The molecule has 0 amide bonds. The predicted molar refractivity (Wildman–Crippen MR) is 116 cm³/mol. The Balaban J connectivity index is 1.54. The molecule has 1 aliphatic rings. The van der Waals surface area contributed by atoms with E-state index < -0.39 is 10.0 Å². The van der Waals surface area contributed by atoms with Gasteiger partial charge in [-0.05, 0) is 44.5 Å². The molecule has 9 heteroatoms. The first kappa shape index (κ1) is 20.4. The van der Waals surface area contributed by atoms with Crippen LogP contribution in [0.15, 0.2) is 39.8 Å². The number of thiophene rings is 1. The van der Waals surface area contributed by atoms with E-state index in [0.717, 1.165) is 26.7 Å². The number of piperazine rings is 1. The third-order valence-corrected chi connectivity index (χ3v) is 8.57. The minimum absolute atomic E-state index is 0.346. The van der Waals surface area contributed by atoms with Crippen LogP contribution in [0.2, 0.25) is 5.02 Å². The van der Waals surface area contributed by atoms with Gasteiger partial charge < -0.3 is 9.42 Å². The van der Waals surface area contributed by atoms with Crippen LogP contribution in [-0.2, 0) is 10.0 Å². The first-order valence-corrected chi connectivity index (χ1v) is 11.9. The largest absolute Gasteiger partial charge is 0.369 e. The van der Waals surface area contributed by atoms with Crippen molar-refractivity contribution in [2.24, 2.45) is 0 Å². The molecule has 0 bridgehead atoms. The van der Waals surface area contributed by atoms with E-state index in [-0.39, 0.29) is 0 Å². The molecule has 0 spiro atoms. The number of hydrogen-bond acceptors (Lipinski definition) is 6. The lowest BCUT2D eigenvalue weighted by atomic mass is 10.1. The third kappa shape index (κ3) is 3.94. The second-order valence-electron chi connectivity index (χ2n) is 7.19. The fourth-order valence-electron chi connectivity index (χ4n) is 3.55. The molecule has 0 aliphatic carbocycles. The first-order valence-electron chi connectivity index (χ1n) is 9.31. The Morgan fingerprint density at radius 2 is 1.79 bits per heavy atom. The summed E-state index contributed by atoms with van der Waals surface area (Å²) in [4.78, 5) is 4.06. The van der Waals surface area contributed by atoms with Crippen LogP contribution in [0, 0.1) is 20.8 Å². The molecule has 1 fully saturated rings. The van der Waals surface area contributed by atoms with Crippen molar-refractivity contribution in [1.82, 2.24) is 9.46 Å². The second kappa shape index (κ2) is 7.75. The maximum absolute atomic E-state index is 13.3. The minimum Gasteiger partial charge on any atom is -0.369 e. The Hall–Kier alpha value is -1.87. The van der Waals surface area contributed by atoms with Crippen molar-refractivity contribution in [3.63, 3.8) is 0 Å². The van der Waals surface area contributed by atoms with E-state index in [4.69, 9.17) is 16.1 Å². The molecule has 29 heavy (non-hydrogen) atoms. The summed E-state index contributed by atoms with van der Waals surface area (Å²) in [5.74, 6) is 0.596. The summed E-state index contributed by atoms with van der Waals surface area (Å²) in [6.45, 7) is 7.81. The average Bonchev–Trinajstić information content (AvgIpc) is 3.30. The monoisotopic (exact) mass is 451 g/mol. The Kier molecular flexibility index (Phi) is 5.46. The van der Waals surface area contributed by atoms with Gasteiger partial charge in [-0.3, -0.25) is 0 Å². The van der Waals surface area contributed by atoms with Crippen LogP contribution in [0.1, 0.15) is 16.1 Å². The van der Waals surface area contributed by atoms with Crippen LogP contribution in [0.5, 0.6) is 0 Å². The third-order valence-electron chi connectivity index (χ3n) is 5.11. The lowest BCUT2D eigenvalue weighted by molar-refractivity contribution is 0.384. The van der Waals surface area contributed by atoms with Crippen molar-refractivity contribution >= 4 is 38.6 Å². The first-order chi connectivity index (χ1) is 13.8. The molecule has 2 aromatic heterocycles. The molecular formula is C20H22ClN3O3S2. The average molecular weight is 452 g/mol. The molecule has 4 rings (SSSR count). The Bertz CT molecular complexity index is 1150. The van der Waals surface area contributed by atoms with Crippen LogP contribution >= 0.6 is 22.9 Å². The topological polar surface area (TPSA) is 66.7 Å². The van der Waals surface area contributed by atoms with Gasteiger partial charge in [-0.15, -0.1) is 11.3 Å². The Morgan fingerprint density at radius 1 is 1.07 bits per heavy atom. The van der Waals surface area contributed by atoms with E-state index in [9.17, 15) is 8.42 Å². The number of halogens is 1. The minimum atomic E-state index is -3.57. The van der Waals surface area contributed by atoms with Crippen molar-refractivity contribution in [1.29, 1.82) is 0 Å². The highest BCUT2D eigenvalue weighted by atomic mass is 35.5. The van der Waals surface area contributed by atoms with Crippen molar-refractivity contribution in [2.75, 3.05) is 31.1 Å². The van der Waals surface area contributed by atoms with Crippen LogP contribution in [0.3, 0.4) is 0 Å². The molecule has 154 valence electrons. The van der Waals surface area contributed by atoms with Crippen LogP contribution in [-0.4, -0.2) is 44.1 Å². The van der Waals surface area contributed by atoms with Gasteiger partial charge in [0.15, 0.2) is 5.76 Å². The second-order valence-corrected chi connectivity index (χ2v) is 10.8. The van der Waals surface area contributed by atoms with E-state index in [1.54, 1.807) is 10.4 Å². The molecule has 3 heterocycles. The Labute approximate surface area is 179 Å². The number of aromatic nitrogens is 1. The summed E-state index contributed by atoms with van der Waals surface area (Å²) in [5, 5.41) is 4.58. The van der Waals surface area contributed by atoms with Crippen LogP contribution in [0.4, 0.5) is 5.69 Å². The Morgan fingerprint density at radius 3 is 2.45 bits per heavy atom. The molecular weight excluding hydrogens is 430 g/mol. The summed E-state index contributed by atoms with van der Waals surface area (Å²) in [6, 6.07) is 9.31. The number of benzene rings is 1. The molecule has 0 radical (unpaired) electrons. The molecule has 0 unspecified atom stereocenters. The van der Waals surface area contributed by atoms with Gasteiger partial charge in [0, 0.05) is 47.8 Å². The quantitative estimate of drug-likeness (QED) is 0.584. The number of sulfonamides is 1. The molecule has 6 nitrogen and oxygen atoms in total. The lowest BCUT2D eigenvalue weighted by Gasteiger charge is -2.36. The number of aryl methyl sites for hydroxylation is 3. The summed E-state index contributed by atoms with van der Waals surface area (Å²) < 4.78 is 33.4. The highest BCUT2D eigenvalue weighted by molar-refractivity contribution is 7.89. The zero-order valence-corrected chi connectivity index (χ0v) is 18.9. The molecule has 3 aromatic rings. The number of nitrogens with zero attached hydrogens (tertiary/aromatic N) is 3. The molecule has 1 aliphatic heterocycles. The van der Waals surface area contributed by atoms with Gasteiger partial charge in [-0.2, -0.15) is 4.31 Å². The predicted octanol–water partition coefficient (Wildman–Crippen LogP) is 4.49. The fraction of sp³-hybridized carbons (Fsp3) is 0.350. The summed E-state index contributed by atoms with van der Waals surface area (Å²) in [5.41, 5.74) is 2.96. The number of anilines is 1. The van der Waals surface area contributed by atoms with Gasteiger partial charge in [0.2, 0.25) is 10.0 Å². The van der Waals surface area contributed by atoms with Gasteiger partial charge in [0.1, 0.15) is 0 Å². The van der Waals surface area contributed by atoms with Gasteiger partial charge in [-0.25, -0.2) is 8.42 Å². The highest BCUT2D eigenvalue weighted by Gasteiger charge is 2.31. The van der Waals surface area contributed by atoms with E-state index in [2.05, 4.69) is 10.1 Å². The van der Waals surface area contributed by atoms with Crippen LogP contribution in [0.25, 0.3) is 10.6 Å². The van der Waals surface area contributed by atoms with Gasteiger partial charge in [-0.1, -0.05) is 22.8 Å². The van der Waals surface area contributed by atoms with Gasteiger partial charge >= 0.3 is 0 Å². The van der Waals surface area contributed by atoms with E-state index in [1.807, 2.05) is 45.0 Å². The smallest absolute Gasteiger partial charge is 0.244 e. The zero-order valence-electron chi connectivity index (χ0n) is 16.5. The maximum atomic E-state index is 13.3. The fourth-order valence-corrected chi connectivity index (χ4v) is 6.65.